The first-order valence-electron chi connectivity index (χ1n) is 14.4. The van der Waals surface area contributed by atoms with Crippen molar-refractivity contribution in [1.29, 1.82) is 0 Å². The number of amides is 2. The van der Waals surface area contributed by atoms with Gasteiger partial charge >= 0.3 is 6.18 Å². The van der Waals surface area contributed by atoms with Crippen molar-refractivity contribution >= 4 is 73.3 Å². The number of fused-ring (bicyclic) bond motifs is 2. The second-order valence-corrected chi connectivity index (χ2v) is 12.5. The fraction of sp³-hybridized carbons (Fsp3) is 0.206. The van der Waals surface area contributed by atoms with E-state index in [-0.39, 0.29) is 35.1 Å². The smallest absolute Gasteiger partial charge is 0.368 e. The molecular weight excluding hydrogens is 764 g/mol. The van der Waals surface area contributed by atoms with Gasteiger partial charge < -0.3 is 20.6 Å². The van der Waals surface area contributed by atoms with E-state index >= 15 is 0 Å². The molecule has 2 atom stereocenters. The lowest BCUT2D eigenvalue weighted by atomic mass is 9.97. The van der Waals surface area contributed by atoms with Gasteiger partial charge in [-0.25, -0.2) is 0 Å². The van der Waals surface area contributed by atoms with E-state index in [9.17, 15) is 37.1 Å². The molecule has 4 N–H and O–H groups in total. The number of ketones is 1. The number of carbonyl (C=O) groups is 3. The molecule has 250 valence electrons. The lowest BCUT2D eigenvalue weighted by molar-refractivity contribution is -0.137. The highest BCUT2D eigenvalue weighted by molar-refractivity contribution is 14.1. The molecule has 0 aliphatic carbocycles. The van der Waals surface area contributed by atoms with Crippen LogP contribution in [0.4, 0.5) is 13.2 Å². The number of hydrogen-bond donors (Lipinski definition) is 2. The number of nitrogens with two attached hydrogens (primary N) is 2. The first-order valence-corrected chi connectivity index (χ1v) is 15.9. The fourth-order valence-corrected chi connectivity index (χ4v) is 5.92. The average molecular weight is 793 g/mol. The summed E-state index contributed by atoms with van der Waals surface area (Å²) in [5.41, 5.74) is 9.47. The highest BCUT2D eigenvalue weighted by Gasteiger charge is 2.33. The van der Waals surface area contributed by atoms with Crippen LogP contribution < -0.4 is 22.6 Å². The summed E-state index contributed by atoms with van der Waals surface area (Å²) in [5, 5.41) is 1.74. The van der Waals surface area contributed by atoms with Crippen LogP contribution in [-0.4, -0.2) is 26.7 Å². The fourth-order valence-electron chi connectivity index (χ4n) is 5.01. The van der Waals surface area contributed by atoms with Crippen molar-refractivity contribution in [1.82, 2.24) is 9.13 Å². The molecule has 2 aromatic heterocycles. The summed E-state index contributed by atoms with van der Waals surface area (Å²) in [6, 6.07) is 15.6. The zero-order valence-corrected chi connectivity index (χ0v) is 28.5. The standard InChI is InChI=1S/C22H18ClF3N2O3.C12H11IN2O2/c1-12(20(27)30)28-10-9-14-15(3-2-4-16(14)21(28)31)19(29)8-6-13-5-7-18(23)17(11-13)22(24,25)26;1-7(11(14)16)15-6-5-8-9(12(15)17)3-2-4-10(8)13/h2-5,7,9-12H,6,8H2,1H3,(H2,27,30);2-7H,1H3,(H2,14,16)/t12-;7-/m00/s1. The number of rotatable bonds is 8. The van der Waals surface area contributed by atoms with E-state index in [0.29, 0.717) is 16.3 Å². The Morgan fingerprint density at radius 1 is 0.792 bits per heavy atom. The number of Topliss-reactive ketones (excluding diaryl/α,β-unsaturated/α-hetero) is 1. The van der Waals surface area contributed by atoms with Crippen molar-refractivity contribution in [3.05, 3.63) is 125 Å². The number of aromatic nitrogens is 2. The van der Waals surface area contributed by atoms with Gasteiger partial charge in [0.25, 0.3) is 11.1 Å². The van der Waals surface area contributed by atoms with Crippen LogP contribution in [0.3, 0.4) is 0 Å². The van der Waals surface area contributed by atoms with Crippen LogP contribution in [0.2, 0.25) is 5.02 Å². The number of primary amides is 2. The van der Waals surface area contributed by atoms with Crippen molar-refractivity contribution in [2.45, 2.75) is 44.9 Å². The SMILES string of the molecule is C[C@@H](C(N)=O)n1ccc2c(C(=O)CCc3ccc(Cl)c(C(F)(F)F)c3)cccc2c1=O.C[C@@H](C(N)=O)n1ccc2c(I)cccc2c1=O. The van der Waals surface area contributed by atoms with Crippen LogP contribution in [0.1, 0.15) is 53.8 Å². The van der Waals surface area contributed by atoms with E-state index in [1.807, 2.05) is 18.2 Å². The maximum absolute atomic E-state index is 13.0. The first-order chi connectivity index (χ1) is 22.5. The molecule has 14 heteroatoms. The molecule has 48 heavy (non-hydrogen) atoms. The van der Waals surface area contributed by atoms with Gasteiger partial charge in [0.1, 0.15) is 12.1 Å². The Kier molecular flexibility index (Phi) is 11.1. The van der Waals surface area contributed by atoms with Crippen molar-refractivity contribution in [3.63, 3.8) is 0 Å². The van der Waals surface area contributed by atoms with Gasteiger partial charge in [0, 0.05) is 44.1 Å². The molecule has 3 aromatic carbocycles. The summed E-state index contributed by atoms with van der Waals surface area (Å²) < 4.78 is 42.7. The molecule has 2 heterocycles. The quantitative estimate of drug-likeness (QED) is 0.142. The number of pyridine rings is 2. The summed E-state index contributed by atoms with van der Waals surface area (Å²) in [5.74, 6) is -1.51. The maximum Gasteiger partial charge on any atom is 0.417 e. The van der Waals surface area contributed by atoms with Crippen molar-refractivity contribution in [2.75, 3.05) is 0 Å². The number of halogens is 5. The number of carbonyl (C=O) groups excluding carboxylic acids is 3. The summed E-state index contributed by atoms with van der Waals surface area (Å²) in [7, 11) is 0. The molecule has 5 aromatic rings. The van der Waals surface area contributed by atoms with E-state index in [4.69, 9.17) is 23.1 Å². The Bertz CT molecular complexity index is 2180. The first kappa shape index (κ1) is 36.3. The summed E-state index contributed by atoms with van der Waals surface area (Å²) in [4.78, 5) is 60.2. The Hall–Kier alpha value is -4.50. The predicted molar refractivity (Wildman–Crippen MR) is 186 cm³/mol. The van der Waals surface area contributed by atoms with E-state index < -0.39 is 46.2 Å². The van der Waals surface area contributed by atoms with Crippen LogP contribution in [0.15, 0.2) is 88.7 Å². The van der Waals surface area contributed by atoms with Crippen molar-refractivity contribution < 1.29 is 27.6 Å². The molecule has 5 rings (SSSR count). The van der Waals surface area contributed by atoms with Crippen LogP contribution in [0.25, 0.3) is 21.5 Å². The van der Waals surface area contributed by atoms with E-state index in [2.05, 4.69) is 22.6 Å². The van der Waals surface area contributed by atoms with Gasteiger partial charge in [0.05, 0.1) is 10.6 Å². The highest BCUT2D eigenvalue weighted by atomic mass is 127. The molecule has 0 radical (unpaired) electrons. The van der Waals surface area contributed by atoms with Gasteiger partial charge in [-0.1, -0.05) is 35.9 Å². The monoisotopic (exact) mass is 792 g/mol. The second-order valence-electron chi connectivity index (χ2n) is 10.9. The molecular formula is C34H29ClF3IN4O5. The normalized spacial score (nSPS) is 12.6. The molecule has 0 aliphatic rings. The van der Waals surface area contributed by atoms with Crippen LogP contribution in [0.5, 0.6) is 0 Å². The Morgan fingerprint density at radius 2 is 1.31 bits per heavy atom. The summed E-state index contributed by atoms with van der Waals surface area (Å²) >= 11 is 7.80. The van der Waals surface area contributed by atoms with Crippen LogP contribution in [0, 0.1) is 3.57 Å². The number of nitrogens with zero attached hydrogens (tertiary/aromatic N) is 2. The largest absolute Gasteiger partial charge is 0.417 e. The third-order valence-electron chi connectivity index (χ3n) is 7.83. The minimum atomic E-state index is -4.59. The molecule has 0 unspecified atom stereocenters. The number of alkyl halides is 3. The topological polar surface area (TPSA) is 147 Å². The Balaban J connectivity index is 0.000000257. The molecule has 0 bridgehead atoms. The summed E-state index contributed by atoms with van der Waals surface area (Å²) in [6.45, 7) is 3.11. The number of hydrogen-bond acceptors (Lipinski definition) is 5. The van der Waals surface area contributed by atoms with Gasteiger partial charge in [-0.3, -0.25) is 24.0 Å². The number of aryl methyl sites for hydroxylation is 1. The van der Waals surface area contributed by atoms with Gasteiger partial charge in [-0.15, -0.1) is 0 Å². The molecule has 0 saturated carbocycles. The summed E-state index contributed by atoms with van der Waals surface area (Å²) in [6.07, 6.45) is -1.56. The number of benzene rings is 3. The van der Waals surface area contributed by atoms with E-state index in [0.717, 1.165) is 21.1 Å². The van der Waals surface area contributed by atoms with Gasteiger partial charge in [0.15, 0.2) is 5.78 Å². The maximum atomic E-state index is 13.0. The van der Waals surface area contributed by atoms with Gasteiger partial charge in [-0.2, -0.15) is 13.2 Å². The second kappa shape index (κ2) is 14.7. The van der Waals surface area contributed by atoms with E-state index in [1.54, 1.807) is 37.4 Å². The van der Waals surface area contributed by atoms with Crippen molar-refractivity contribution in [3.8, 4) is 0 Å². The minimum absolute atomic E-state index is 0.0567. The van der Waals surface area contributed by atoms with Gasteiger partial charge in [-0.05, 0) is 96.3 Å². The lowest BCUT2D eigenvalue weighted by Crippen LogP contribution is -2.31. The zero-order valence-electron chi connectivity index (χ0n) is 25.6. The Labute approximate surface area is 290 Å². The van der Waals surface area contributed by atoms with Gasteiger partial charge in [0.2, 0.25) is 11.8 Å². The average Bonchev–Trinajstić information content (AvgIpc) is 3.04. The highest BCUT2D eigenvalue weighted by Crippen LogP contribution is 2.35. The third-order valence-corrected chi connectivity index (χ3v) is 9.10. The van der Waals surface area contributed by atoms with E-state index in [1.165, 1.54) is 34.4 Å². The minimum Gasteiger partial charge on any atom is -0.368 e. The molecule has 0 aliphatic heterocycles. The van der Waals surface area contributed by atoms with Crippen molar-refractivity contribution in [2.24, 2.45) is 11.5 Å². The molecule has 0 spiro atoms. The molecule has 0 saturated heterocycles. The Morgan fingerprint density at radius 3 is 1.85 bits per heavy atom. The third kappa shape index (κ3) is 7.79. The zero-order chi connectivity index (χ0) is 35.5. The molecule has 2 amide bonds. The van der Waals surface area contributed by atoms with Crippen LogP contribution in [-0.2, 0) is 22.2 Å². The lowest BCUT2D eigenvalue weighted by Gasteiger charge is -2.14. The molecule has 0 fully saturated rings. The molecule has 9 nitrogen and oxygen atoms in total. The predicted octanol–water partition coefficient (Wildman–Crippen LogP) is 6.19. The van der Waals surface area contributed by atoms with Crippen LogP contribution >= 0.6 is 34.2 Å².